The summed E-state index contributed by atoms with van der Waals surface area (Å²) < 4.78 is 0. The lowest BCUT2D eigenvalue weighted by Crippen LogP contribution is -2.52. The van der Waals surface area contributed by atoms with Gasteiger partial charge in [-0.25, -0.2) is 0 Å². The van der Waals surface area contributed by atoms with Crippen LogP contribution >= 0.6 is 0 Å². The zero-order chi connectivity index (χ0) is 13.1. The Morgan fingerprint density at radius 3 is 2.24 bits per heavy atom. The fourth-order valence-corrected chi connectivity index (χ4v) is 2.09. The molecule has 1 heterocycles. The first kappa shape index (κ1) is 14.0. The van der Waals surface area contributed by atoms with Crippen LogP contribution in [0, 0.1) is 22.7 Å². The lowest BCUT2D eigenvalue weighted by molar-refractivity contribution is -0.139. The molecule has 0 aromatic rings. The zero-order valence-corrected chi connectivity index (χ0v) is 11.4. The van der Waals surface area contributed by atoms with E-state index in [1.54, 1.807) is 13.8 Å². The Balaban J connectivity index is 2.48. The van der Waals surface area contributed by atoms with Crippen LogP contribution in [0.25, 0.3) is 0 Å². The number of hydrogen-bond donors (Lipinski definition) is 0. The molecule has 1 aliphatic heterocycles. The first-order chi connectivity index (χ1) is 7.86. The Bertz CT molecular complexity index is 309. The average molecular weight is 237 g/mol. The molecule has 0 aliphatic carbocycles. The molecule has 0 aromatic heterocycles. The van der Waals surface area contributed by atoms with Crippen LogP contribution < -0.4 is 0 Å². The van der Waals surface area contributed by atoms with Crippen LogP contribution in [0.3, 0.4) is 0 Å². The molecule has 1 rings (SSSR count). The number of hydrogen-bond acceptors (Lipinski definition) is 3. The van der Waals surface area contributed by atoms with Crippen molar-refractivity contribution in [2.45, 2.75) is 27.7 Å². The number of rotatable bonds is 3. The second-order valence-electron chi connectivity index (χ2n) is 5.72. The molecule has 1 aliphatic rings. The minimum absolute atomic E-state index is 0.0378. The van der Waals surface area contributed by atoms with E-state index in [1.807, 2.05) is 4.90 Å². The molecule has 96 valence electrons. The van der Waals surface area contributed by atoms with Crippen molar-refractivity contribution in [3.05, 3.63) is 0 Å². The SMILES string of the molecule is CC(C)CN1CCN(C(=O)C(C)(C)C#N)CC1. The fraction of sp³-hybridized carbons (Fsp3) is 0.846. The van der Waals surface area contributed by atoms with E-state index in [1.165, 1.54) is 0 Å². The van der Waals surface area contributed by atoms with Crippen LogP contribution in [0.1, 0.15) is 27.7 Å². The molecular weight excluding hydrogens is 214 g/mol. The van der Waals surface area contributed by atoms with Crippen LogP contribution in [-0.4, -0.2) is 48.4 Å². The Kier molecular flexibility index (Phi) is 4.53. The van der Waals surface area contributed by atoms with E-state index in [0.717, 1.165) is 32.7 Å². The summed E-state index contributed by atoms with van der Waals surface area (Å²) in [7, 11) is 0. The average Bonchev–Trinajstić information content (AvgIpc) is 2.28. The first-order valence-electron chi connectivity index (χ1n) is 6.30. The molecule has 0 N–H and O–H groups in total. The summed E-state index contributed by atoms with van der Waals surface area (Å²) in [5.41, 5.74) is -0.889. The number of carbonyl (C=O) groups excluding carboxylic acids is 1. The van der Waals surface area contributed by atoms with Gasteiger partial charge in [-0.15, -0.1) is 0 Å². The number of nitrogens with zero attached hydrogens (tertiary/aromatic N) is 3. The van der Waals surface area contributed by atoms with Gasteiger partial charge in [-0.1, -0.05) is 13.8 Å². The summed E-state index contributed by atoms with van der Waals surface area (Å²) in [6.45, 7) is 12.2. The van der Waals surface area contributed by atoms with Gasteiger partial charge in [0.15, 0.2) is 0 Å². The summed E-state index contributed by atoms with van der Waals surface area (Å²) in [6.07, 6.45) is 0. The van der Waals surface area contributed by atoms with Crippen LogP contribution in [0.4, 0.5) is 0 Å². The molecule has 0 spiro atoms. The molecule has 1 fully saturated rings. The lowest BCUT2D eigenvalue weighted by atomic mass is 9.93. The Hall–Kier alpha value is -1.08. The normalized spacial score (nSPS) is 18.2. The van der Waals surface area contributed by atoms with Crippen molar-refractivity contribution in [1.82, 2.24) is 9.80 Å². The molecule has 4 nitrogen and oxygen atoms in total. The predicted molar refractivity (Wildman–Crippen MR) is 67.3 cm³/mol. The summed E-state index contributed by atoms with van der Waals surface area (Å²) in [6, 6.07) is 2.08. The molecule has 17 heavy (non-hydrogen) atoms. The highest BCUT2D eigenvalue weighted by Gasteiger charge is 2.33. The number of piperazine rings is 1. The number of amides is 1. The highest BCUT2D eigenvalue weighted by molar-refractivity contribution is 5.84. The Morgan fingerprint density at radius 1 is 1.29 bits per heavy atom. The van der Waals surface area contributed by atoms with Gasteiger partial charge in [-0.05, 0) is 19.8 Å². The maximum absolute atomic E-state index is 12.1. The number of nitriles is 1. The molecule has 0 radical (unpaired) electrons. The van der Waals surface area contributed by atoms with E-state index in [4.69, 9.17) is 5.26 Å². The molecule has 1 amide bonds. The smallest absolute Gasteiger partial charge is 0.242 e. The second-order valence-corrected chi connectivity index (χ2v) is 5.72. The second kappa shape index (κ2) is 5.50. The van der Waals surface area contributed by atoms with Crippen molar-refractivity contribution in [3.8, 4) is 6.07 Å². The van der Waals surface area contributed by atoms with E-state index < -0.39 is 5.41 Å². The van der Waals surface area contributed by atoms with Gasteiger partial charge in [-0.2, -0.15) is 5.26 Å². The van der Waals surface area contributed by atoms with Crippen molar-refractivity contribution in [2.24, 2.45) is 11.3 Å². The molecule has 0 bridgehead atoms. The van der Waals surface area contributed by atoms with Crippen LogP contribution in [0.5, 0.6) is 0 Å². The molecule has 0 unspecified atom stereocenters. The zero-order valence-electron chi connectivity index (χ0n) is 11.4. The lowest BCUT2D eigenvalue weighted by Gasteiger charge is -2.37. The van der Waals surface area contributed by atoms with Crippen LogP contribution in [-0.2, 0) is 4.79 Å². The van der Waals surface area contributed by atoms with Gasteiger partial charge in [0.1, 0.15) is 5.41 Å². The fourth-order valence-electron chi connectivity index (χ4n) is 2.09. The van der Waals surface area contributed by atoms with Crippen LogP contribution in [0.15, 0.2) is 0 Å². The van der Waals surface area contributed by atoms with Gasteiger partial charge in [0.25, 0.3) is 0 Å². The van der Waals surface area contributed by atoms with Gasteiger partial charge < -0.3 is 4.90 Å². The molecular formula is C13H23N3O. The third-order valence-electron chi connectivity index (χ3n) is 3.10. The third-order valence-corrected chi connectivity index (χ3v) is 3.10. The van der Waals surface area contributed by atoms with E-state index >= 15 is 0 Å². The summed E-state index contributed by atoms with van der Waals surface area (Å²) in [5, 5.41) is 8.96. The van der Waals surface area contributed by atoms with Crippen molar-refractivity contribution in [2.75, 3.05) is 32.7 Å². The van der Waals surface area contributed by atoms with Gasteiger partial charge in [-0.3, -0.25) is 9.69 Å². The maximum atomic E-state index is 12.1. The molecule has 0 aromatic carbocycles. The predicted octanol–water partition coefficient (Wildman–Crippen LogP) is 1.34. The van der Waals surface area contributed by atoms with Crippen molar-refractivity contribution < 1.29 is 4.79 Å². The van der Waals surface area contributed by atoms with Crippen molar-refractivity contribution in [3.63, 3.8) is 0 Å². The van der Waals surface area contributed by atoms with Gasteiger partial charge in [0, 0.05) is 32.7 Å². The maximum Gasteiger partial charge on any atom is 0.242 e. The third kappa shape index (κ3) is 3.71. The van der Waals surface area contributed by atoms with E-state index in [-0.39, 0.29) is 5.91 Å². The van der Waals surface area contributed by atoms with Gasteiger partial charge in [0.05, 0.1) is 6.07 Å². The van der Waals surface area contributed by atoms with E-state index in [0.29, 0.717) is 5.92 Å². The monoisotopic (exact) mass is 237 g/mol. The van der Waals surface area contributed by atoms with E-state index in [2.05, 4.69) is 24.8 Å². The molecule has 1 saturated heterocycles. The highest BCUT2D eigenvalue weighted by Crippen LogP contribution is 2.18. The van der Waals surface area contributed by atoms with Crippen molar-refractivity contribution in [1.29, 1.82) is 5.26 Å². The topological polar surface area (TPSA) is 47.3 Å². The Morgan fingerprint density at radius 2 is 1.82 bits per heavy atom. The largest absolute Gasteiger partial charge is 0.339 e. The molecule has 0 saturated carbocycles. The minimum Gasteiger partial charge on any atom is -0.339 e. The summed E-state index contributed by atoms with van der Waals surface area (Å²) in [5.74, 6) is 0.622. The van der Waals surface area contributed by atoms with Crippen molar-refractivity contribution >= 4 is 5.91 Å². The number of carbonyl (C=O) groups is 1. The quantitative estimate of drug-likeness (QED) is 0.744. The first-order valence-corrected chi connectivity index (χ1v) is 6.30. The highest BCUT2D eigenvalue weighted by atomic mass is 16.2. The summed E-state index contributed by atoms with van der Waals surface area (Å²) in [4.78, 5) is 16.3. The minimum atomic E-state index is -0.889. The standard InChI is InChI=1S/C13H23N3O/c1-11(2)9-15-5-7-16(8-6-15)12(17)13(3,4)10-14/h11H,5-9H2,1-4H3. The van der Waals surface area contributed by atoms with Gasteiger partial charge >= 0.3 is 0 Å². The van der Waals surface area contributed by atoms with Crippen LogP contribution in [0.2, 0.25) is 0 Å². The van der Waals surface area contributed by atoms with Gasteiger partial charge in [0.2, 0.25) is 5.91 Å². The van der Waals surface area contributed by atoms with E-state index in [9.17, 15) is 4.79 Å². The molecule has 0 atom stereocenters. The molecule has 4 heteroatoms. The Labute approximate surface area is 104 Å². The summed E-state index contributed by atoms with van der Waals surface area (Å²) >= 11 is 0.